The Morgan fingerprint density at radius 3 is 2.93 bits per heavy atom. The number of hydrogen-bond donors (Lipinski definition) is 1. The summed E-state index contributed by atoms with van der Waals surface area (Å²) in [6, 6.07) is 5.56. The second-order valence-corrected chi connectivity index (χ2v) is 4.26. The van der Waals surface area contributed by atoms with Crippen LogP contribution >= 0.6 is 27.5 Å². The van der Waals surface area contributed by atoms with Crippen molar-refractivity contribution in [3.05, 3.63) is 39.6 Å². The quantitative estimate of drug-likeness (QED) is 0.920. The van der Waals surface area contributed by atoms with E-state index in [2.05, 4.69) is 26.2 Å². The predicted octanol–water partition coefficient (Wildman–Crippen LogP) is 2.14. The number of halogens is 2. The maximum Gasteiger partial charge on any atom is 0.0854 e. The molecular formula is C9H8BrClN4. The van der Waals surface area contributed by atoms with Gasteiger partial charge >= 0.3 is 0 Å². The molecule has 0 spiro atoms. The van der Waals surface area contributed by atoms with E-state index in [1.165, 1.54) is 0 Å². The molecule has 2 N–H and O–H groups in total. The summed E-state index contributed by atoms with van der Waals surface area (Å²) < 4.78 is 2.56. The maximum atomic E-state index is 6.09. The minimum atomic E-state index is 0.374. The smallest absolute Gasteiger partial charge is 0.0854 e. The highest BCUT2D eigenvalue weighted by Crippen LogP contribution is 2.24. The first kappa shape index (κ1) is 10.6. The molecule has 0 aliphatic heterocycles. The molecule has 0 saturated heterocycles. The van der Waals surface area contributed by atoms with Crippen molar-refractivity contribution in [1.29, 1.82) is 0 Å². The Morgan fingerprint density at radius 2 is 2.27 bits per heavy atom. The Balaban J connectivity index is 2.54. The molecule has 4 nitrogen and oxygen atoms in total. The van der Waals surface area contributed by atoms with Crippen LogP contribution in [-0.4, -0.2) is 15.0 Å². The van der Waals surface area contributed by atoms with E-state index in [0.29, 0.717) is 11.6 Å². The van der Waals surface area contributed by atoms with E-state index in [9.17, 15) is 0 Å². The molecule has 0 bridgehead atoms. The Kier molecular flexibility index (Phi) is 3.04. The average molecular weight is 288 g/mol. The van der Waals surface area contributed by atoms with E-state index in [1.54, 1.807) is 16.9 Å². The summed E-state index contributed by atoms with van der Waals surface area (Å²) in [7, 11) is 0. The number of hydrogen-bond acceptors (Lipinski definition) is 3. The van der Waals surface area contributed by atoms with Crippen LogP contribution in [0, 0.1) is 0 Å². The molecule has 6 heteroatoms. The van der Waals surface area contributed by atoms with Gasteiger partial charge in [-0.2, -0.15) is 0 Å². The highest BCUT2D eigenvalue weighted by Gasteiger charge is 2.08. The predicted molar refractivity (Wildman–Crippen MR) is 62.0 cm³/mol. The van der Waals surface area contributed by atoms with Gasteiger partial charge in [0.15, 0.2) is 0 Å². The number of rotatable bonds is 2. The minimum absolute atomic E-state index is 0.374. The number of benzene rings is 1. The van der Waals surface area contributed by atoms with Gasteiger partial charge in [-0.1, -0.05) is 32.7 Å². The zero-order valence-electron chi connectivity index (χ0n) is 7.69. The third-order valence-electron chi connectivity index (χ3n) is 1.97. The normalized spacial score (nSPS) is 10.6. The van der Waals surface area contributed by atoms with Crippen molar-refractivity contribution in [3.8, 4) is 5.69 Å². The molecule has 1 aromatic carbocycles. The molecule has 0 saturated carbocycles. The summed E-state index contributed by atoms with van der Waals surface area (Å²) >= 11 is 9.43. The fourth-order valence-corrected chi connectivity index (χ4v) is 2.00. The van der Waals surface area contributed by atoms with E-state index in [-0.39, 0.29) is 0 Å². The van der Waals surface area contributed by atoms with Crippen molar-refractivity contribution in [1.82, 2.24) is 15.0 Å². The Labute approximate surface area is 100 Å². The van der Waals surface area contributed by atoms with Crippen LogP contribution in [0.4, 0.5) is 0 Å². The molecule has 15 heavy (non-hydrogen) atoms. The summed E-state index contributed by atoms with van der Waals surface area (Å²) in [6.45, 7) is 0.374. The Bertz CT molecular complexity index is 483. The molecule has 0 aliphatic carbocycles. The maximum absolute atomic E-state index is 6.09. The lowest BCUT2D eigenvalue weighted by atomic mass is 10.3. The SMILES string of the molecule is NCc1cnnn1-c1ccc(Br)cc1Cl. The molecule has 0 radical (unpaired) electrons. The first-order valence-corrected chi connectivity index (χ1v) is 5.44. The number of nitrogens with two attached hydrogens (primary N) is 1. The highest BCUT2D eigenvalue weighted by atomic mass is 79.9. The molecule has 1 aromatic heterocycles. The van der Waals surface area contributed by atoms with Gasteiger partial charge in [0.2, 0.25) is 0 Å². The first-order valence-electron chi connectivity index (χ1n) is 4.27. The van der Waals surface area contributed by atoms with Crippen LogP contribution in [0.15, 0.2) is 28.9 Å². The van der Waals surface area contributed by atoms with Crippen molar-refractivity contribution >= 4 is 27.5 Å². The molecule has 0 atom stereocenters. The average Bonchev–Trinajstić information content (AvgIpc) is 2.65. The molecule has 0 unspecified atom stereocenters. The summed E-state index contributed by atoms with van der Waals surface area (Å²) in [4.78, 5) is 0. The molecular weight excluding hydrogens is 279 g/mol. The van der Waals surface area contributed by atoms with E-state index < -0.39 is 0 Å². The van der Waals surface area contributed by atoms with Crippen LogP contribution in [0.3, 0.4) is 0 Å². The Morgan fingerprint density at radius 1 is 1.47 bits per heavy atom. The van der Waals surface area contributed by atoms with Gasteiger partial charge in [-0.3, -0.25) is 0 Å². The van der Waals surface area contributed by atoms with Crippen molar-refractivity contribution in [3.63, 3.8) is 0 Å². The Hall–Kier alpha value is -0.910. The highest BCUT2D eigenvalue weighted by molar-refractivity contribution is 9.10. The largest absolute Gasteiger partial charge is 0.325 e. The fourth-order valence-electron chi connectivity index (χ4n) is 1.25. The third-order valence-corrected chi connectivity index (χ3v) is 2.76. The molecule has 0 fully saturated rings. The van der Waals surface area contributed by atoms with Gasteiger partial charge in [0, 0.05) is 11.0 Å². The molecule has 2 rings (SSSR count). The van der Waals surface area contributed by atoms with Crippen molar-refractivity contribution < 1.29 is 0 Å². The van der Waals surface area contributed by atoms with E-state index >= 15 is 0 Å². The number of nitrogens with zero attached hydrogens (tertiary/aromatic N) is 3. The summed E-state index contributed by atoms with van der Waals surface area (Å²) in [5, 5.41) is 8.33. The lowest BCUT2D eigenvalue weighted by molar-refractivity contribution is 0.761. The summed E-state index contributed by atoms with van der Waals surface area (Å²) in [5.41, 5.74) is 7.15. The second kappa shape index (κ2) is 4.30. The van der Waals surface area contributed by atoms with Crippen LogP contribution in [-0.2, 0) is 6.54 Å². The fraction of sp³-hybridized carbons (Fsp3) is 0.111. The van der Waals surface area contributed by atoms with Gasteiger partial charge < -0.3 is 5.73 Å². The topological polar surface area (TPSA) is 56.7 Å². The molecule has 0 amide bonds. The molecule has 2 aromatic rings. The van der Waals surface area contributed by atoms with Crippen molar-refractivity contribution in [2.24, 2.45) is 5.73 Å². The van der Waals surface area contributed by atoms with Gasteiger partial charge in [-0.15, -0.1) is 5.10 Å². The second-order valence-electron chi connectivity index (χ2n) is 2.94. The van der Waals surface area contributed by atoms with Crippen LogP contribution in [0.5, 0.6) is 0 Å². The van der Waals surface area contributed by atoms with Gasteiger partial charge in [0.1, 0.15) is 0 Å². The zero-order chi connectivity index (χ0) is 10.8. The van der Waals surface area contributed by atoms with E-state index in [0.717, 1.165) is 15.9 Å². The van der Waals surface area contributed by atoms with Crippen molar-refractivity contribution in [2.75, 3.05) is 0 Å². The summed E-state index contributed by atoms with van der Waals surface area (Å²) in [6.07, 6.45) is 1.62. The minimum Gasteiger partial charge on any atom is -0.325 e. The van der Waals surface area contributed by atoms with Gasteiger partial charge in [0.05, 0.1) is 22.6 Å². The van der Waals surface area contributed by atoms with Gasteiger partial charge in [0.25, 0.3) is 0 Å². The molecule has 0 aliphatic rings. The van der Waals surface area contributed by atoms with Gasteiger partial charge in [-0.25, -0.2) is 4.68 Å². The zero-order valence-corrected chi connectivity index (χ0v) is 10.0. The monoisotopic (exact) mass is 286 g/mol. The van der Waals surface area contributed by atoms with E-state index in [1.807, 2.05) is 12.1 Å². The van der Waals surface area contributed by atoms with Gasteiger partial charge in [-0.05, 0) is 18.2 Å². The van der Waals surface area contributed by atoms with E-state index in [4.69, 9.17) is 17.3 Å². The first-order chi connectivity index (χ1) is 7.22. The van der Waals surface area contributed by atoms with Crippen LogP contribution in [0.1, 0.15) is 5.69 Å². The van der Waals surface area contributed by atoms with Crippen LogP contribution in [0.2, 0.25) is 5.02 Å². The standard InChI is InChI=1S/C9H8BrClN4/c10-6-1-2-9(8(11)3-6)15-7(4-12)5-13-14-15/h1-3,5H,4,12H2. The van der Waals surface area contributed by atoms with Crippen LogP contribution < -0.4 is 5.73 Å². The molecule has 78 valence electrons. The molecule has 1 heterocycles. The lowest BCUT2D eigenvalue weighted by Crippen LogP contribution is -2.07. The van der Waals surface area contributed by atoms with Crippen molar-refractivity contribution in [2.45, 2.75) is 6.54 Å². The third kappa shape index (κ3) is 2.04. The van der Waals surface area contributed by atoms with Crippen LogP contribution in [0.25, 0.3) is 5.69 Å². The summed E-state index contributed by atoms with van der Waals surface area (Å²) in [5.74, 6) is 0. The lowest BCUT2D eigenvalue weighted by Gasteiger charge is -2.06. The number of aromatic nitrogens is 3.